The highest BCUT2D eigenvalue weighted by molar-refractivity contribution is 7.86. The average Bonchev–Trinajstić information content (AvgIpc) is 3.46. The van der Waals surface area contributed by atoms with Gasteiger partial charge in [-0.25, -0.2) is 0 Å². The molecule has 27 heavy (non-hydrogen) atoms. The van der Waals surface area contributed by atoms with Crippen molar-refractivity contribution in [1.82, 2.24) is 0 Å². The van der Waals surface area contributed by atoms with Crippen molar-refractivity contribution in [1.29, 1.82) is 0 Å². The van der Waals surface area contributed by atoms with Crippen LogP contribution in [-0.4, -0.2) is 38.9 Å². The molecule has 1 fully saturated rings. The predicted molar refractivity (Wildman–Crippen MR) is 106 cm³/mol. The van der Waals surface area contributed by atoms with Gasteiger partial charge in [0.15, 0.2) is 0 Å². The van der Waals surface area contributed by atoms with Crippen molar-refractivity contribution in [2.24, 2.45) is 0 Å². The molecular weight excluding hydrogens is 364 g/mol. The van der Waals surface area contributed by atoms with Crippen LogP contribution in [0.1, 0.15) is 69.8 Å². The van der Waals surface area contributed by atoms with Crippen LogP contribution in [0.2, 0.25) is 0 Å². The van der Waals surface area contributed by atoms with Gasteiger partial charge in [0, 0.05) is 0 Å². The van der Waals surface area contributed by atoms with Gasteiger partial charge in [0.2, 0.25) is 0 Å². The van der Waals surface area contributed by atoms with Crippen molar-refractivity contribution in [3.63, 3.8) is 0 Å². The summed E-state index contributed by atoms with van der Waals surface area (Å²) >= 11 is 0. The van der Waals surface area contributed by atoms with Crippen LogP contribution in [0, 0.1) is 6.92 Å². The Bertz CT molecular complexity index is 622. The second-order valence-corrected chi connectivity index (χ2v) is 9.18. The molecule has 1 saturated heterocycles. The number of hydrogen-bond acceptors (Lipinski definition) is 5. The fourth-order valence-corrected chi connectivity index (χ4v) is 4.01. The molecule has 1 aliphatic heterocycles. The average molecular weight is 399 g/mol. The SMILES string of the molecule is Cc1ccc(S(=O)(=O)OC[C@@H](O)CCCCCCCCCC[C@@H]2CO2)cc1. The summed E-state index contributed by atoms with van der Waals surface area (Å²) in [4.78, 5) is 0.130. The van der Waals surface area contributed by atoms with E-state index in [0.717, 1.165) is 25.0 Å². The van der Waals surface area contributed by atoms with Crippen LogP contribution in [0.3, 0.4) is 0 Å². The van der Waals surface area contributed by atoms with E-state index in [0.29, 0.717) is 12.5 Å². The van der Waals surface area contributed by atoms with Gasteiger partial charge < -0.3 is 9.84 Å². The van der Waals surface area contributed by atoms with Gasteiger partial charge in [0.05, 0.1) is 30.3 Å². The first kappa shape index (κ1) is 22.3. The molecule has 1 aliphatic rings. The maximum absolute atomic E-state index is 12.1. The summed E-state index contributed by atoms with van der Waals surface area (Å²) in [6, 6.07) is 6.51. The third-order valence-electron chi connectivity index (χ3n) is 4.94. The molecule has 0 radical (unpaired) electrons. The zero-order valence-corrected chi connectivity index (χ0v) is 17.3. The molecule has 0 bridgehead atoms. The van der Waals surface area contributed by atoms with Crippen molar-refractivity contribution in [3.8, 4) is 0 Å². The molecule has 0 aromatic heterocycles. The molecule has 1 aromatic rings. The van der Waals surface area contributed by atoms with E-state index in [1.165, 1.54) is 57.1 Å². The van der Waals surface area contributed by atoms with Crippen LogP contribution < -0.4 is 0 Å². The number of aryl methyl sites for hydroxylation is 1. The first-order chi connectivity index (χ1) is 13.0. The minimum absolute atomic E-state index is 0.130. The highest BCUT2D eigenvalue weighted by atomic mass is 32.2. The van der Waals surface area contributed by atoms with Gasteiger partial charge in [0.25, 0.3) is 10.1 Å². The molecule has 0 amide bonds. The Hall–Kier alpha value is -0.950. The standard InChI is InChI=1S/C21H34O5S/c1-18-12-14-21(15-13-18)27(23,24)26-16-19(22)10-8-6-4-2-3-5-7-9-11-20-17-25-20/h12-15,19-20,22H,2-11,16-17H2,1H3/t19-,20+/m0/s1. The quantitative estimate of drug-likeness (QED) is 0.270. The fourth-order valence-electron chi connectivity index (χ4n) is 3.07. The summed E-state index contributed by atoms with van der Waals surface area (Å²) in [5.41, 5.74) is 0.988. The molecule has 1 N–H and O–H groups in total. The minimum atomic E-state index is -3.79. The third kappa shape index (κ3) is 9.70. The number of aliphatic hydroxyl groups is 1. The Morgan fingerprint density at radius 1 is 1.04 bits per heavy atom. The van der Waals surface area contributed by atoms with E-state index in [-0.39, 0.29) is 11.5 Å². The van der Waals surface area contributed by atoms with E-state index in [9.17, 15) is 13.5 Å². The van der Waals surface area contributed by atoms with Crippen molar-refractivity contribution in [3.05, 3.63) is 29.8 Å². The highest BCUT2D eigenvalue weighted by Gasteiger charge is 2.20. The molecule has 5 nitrogen and oxygen atoms in total. The number of aliphatic hydroxyl groups excluding tert-OH is 1. The zero-order chi connectivity index (χ0) is 19.5. The maximum Gasteiger partial charge on any atom is 0.297 e. The molecule has 6 heteroatoms. The first-order valence-electron chi connectivity index (χ1n) is 10.2. The largest absolute Gasteiger partial charge is 0.391 e. The van der Waals surface area contributed by atoms with Gasteiger partial charge in [-0.3, -0.25) is 4.18 Å². The lowest BCUT2D eigenvalue weighted by molar-refractivity contribution is 0.100. The molecule has 0 saturated carbocycles. The predicted octanol–water partition coefficient (Wildman–Crippen LogP) is 4.36. The van der Waals surface area contributed by atoms with Crippen molar-refractivity contribution in [2.75, 3.05) is 13.2 Å². The van der Waals surface area contributed by atoms with Gasteiger partial charge in [-0.1, -0.05) is 69.1 Å². The number of epoxide rings is 1. The van der Waals surface area contributed by atoms with Crippen molar-refractivity contribution >= 4 is 10.1 Å². The fraction of sp³-hybridized carbons (Fsp3) is 0.714. The van der Waals surface area contributed by atoms with E-state index in [2.05, 4.69) is 0 Å². The van der Waals surface area contributed by atoms with E-state index in [1.54, 1.807) is 12.1 Å². The summed E-state index contributed by atoms with van der Waals surface area (Å²) in [5.74, 6) is 0. The summed E-state index contributed by atoms with van der Waals surface area (Å²) in [5, 5.41) is 9.95. The number of ether oxygens (including phenoxy) is 1. The van der Waals surface area contributed by atoms with E-state index < -0.39 is 16.2 Å². The second kappa shape index (κ2) is 11.8. The Balaban J connectivity index is 1.45. The molecule has 0 unspecified atom stereocenters. The number of benzene rings is 1. The molecule has 1 heterocycles. The number of rotatable bonds is 15. The third-order valence-corrected chi connectivity index (χ3v) is 6.24. The second-order valence-electron chi connectivity index (χ2n) is 7.57. The lowest BCUT2D eigenvalue weighted by Crippen LogP contribution is -2.19. The van der Waals surface area contributed by atoms with Gasteiger partial charge in [0.1, 0.15) is 0 Å². The van der Waals surface area contributed by atoms with Crippen LogP contribution in [0.5, 0.6) is 0 Å². The van der Waals surface area contributed by atoms with Crippen LogP contribution in [0.4, 0.5) is 0 Å². The molecule has 2 atom stereocenters. The van der Waals surface area contributed by atoms with Gasteiger partial charge in [-0.05, 0) is 31.9 Å². The van der Waals surface area contributed by atoms with E-state index in [1.807, 2.05) is 6.92 Å². The monoisotopic (exact) mass is 398 g/mol. The Morgan fingerprint density at radius 2 is 1.59 bits per heavy atom. The summed E-state index contributed by atoms with van der Waals surface area (Å²) < 4.78 is 34.3. The highest BCUT2D eigenvalue weighted by Crippen LogP contribution is 2.18. The van der Waals surface area contributed by atoms with Crippen LogP contribution in [0.25, 0.3) is 0 Å². The van der Waals surface area contributed by atoms with E-state index in [4.69, 9.17) is 8.92 Å². The van der Waals surface area contributed by atoms with Gasteiger partial charge in [-0.15, -0.1) is 0 Å². The molecule has 0 spiro atoms. The summed E-state index contributed by atoms with van der Waals surface area (Å²) in [6.45, 7) is 2.68. The van der Waals surface area contributed by atoms with Gasteiger partial charge >= 0.3 is 0 Å². The molecule has 154 valence electrons. The Kier molecular flexibility index (Phi) is 9.76. The Labute approximate surface area is 164 Å². The topological polar surface area (TPSA) is 76.1 Å². The normalized spacial score (nSPS) is 17.8. The smallest absolute Gasteiger partial charge is 0.297 e. The van der Waals surface area contributed by atoms with Gasteiger partial charge in [-0.2, -0.15) is 8.42 Å². The first-order valence-corrected chi connectivity index (χ1v) is 11.6. The van der Waals surface area contributed by atoms with Crippen LogP contribution in [0.15, 0.2) is 29.2 Å². The lowest BCUT2D eigenvalue weighted by atomic mass is 10.0. The summed E-state index contributed by atoms with van der Waals surface area (Å²) in [7, 11) is -3.79. The minimum Gasteiger partial charge on any atom is -0.391 e. The number of unbranched alkanes of at least 4 members (excludes halogenated alkanes) is 7. The van der Waals surface area contributed by atoms with Crippen LogP contribution >= 0.6 is 0 Å². The summed E-state index contributed by atoms with van der Waals surface area (Å²) in [6.07, 6.45) is 11.1. The maximum atomic E-state index is 12.1. The molecular formula is C21H34O5S. The molecule has 0 aliphatic carbocycles. The zero-order valence-electron chi connectivity index (χ0n) is 16.4. The van der Waals surface area contributed by atoms with Crippen molar-refractivity contribution in [2.45, 2.75) is 88.2 Å². The van der Waals surface area contributed by atoms with E-state index >= 15 is 0 Å². The lowest BCUT2D eigenvalue weighted by Gasteiger charge is -2.11. The number of hydrogen-bond donors (Lipinski definition) is 1. The van der Waals surface area contributed by atoms with Crippen LogP contribution in [-0.2, 0) is 19.0 Å². The molecule has 1 aromatic carbocycles. The Morgan fingerprint density at radius 3 is 2.19 bits per heavy atom. The molecule has 2 rings (SSSR count). The van der Waals surface area contributed by atoms with Crippen molar-refractivity contribution < 1.29 is 22.4 Å².